The molecule has 0 unspecified atom stereocenters. The van der Waals surface area contributed by atoms with Crippen molar-refractivity contribution in [2.24, 2.45) is 5.41 Å². The summed E-state index contributed by atoms with van der Waals surface area (Å²) in [5.41, 5.74) is 5.90. The van der Waals surface area contributed by atoms with Crippen LogP contribution in [0.25, 0.3) is 21.7 Å². The van der Waals surface area contributed by atoms with Crippen molar-refractivity contribution in [3.8, 4) is 27.4 Å². The number of aromatic nitrogens is 1. The second-order valence-corrected chi connectivity index (χ2v) is 13.0. The maximum atomic E-state index is 14.7. The van der Waals surface area contributed by atoms with Crippen LogP contribution in [-0.4, -0.2) is 20.0 Å². The van der Waals surface area contributed by atoms with Crippen LogP contribution in [0.4, 0.5) is 28.4 Å². The van der Waals surface area contributed by atoms with E-state index in [9.17, 15) is 26.0 Å². The van der Waals surface area contributed by atoms with E-state index in [0.717, 1.165) is 23.5 Å². The molecule has 0 radical (unpaired) electrons. The van der Waals surface area contributed by atoms with Gasteiger partial charge in [-0.15, -0.1) is 0 Å². The summed E-state index contributed by atoms with van der Waals surface area (Å²) in [6.45, 7) is 6.49. The van der Waals surface area contributed by atoms with Gasteiger partial charge in [0, 0.05) is 22.9 Å². The molecule has 1 aromatic heterocycles. The summed E-state index contributed by atoms with van der Waals surface area (Å²) in [4.78, 5) is 4.63. The van der Waals surface area contributed by atoms with Gasteiger partial charge >= 0.3 is 6.18 Å². The predicted molar refractivity (Wildman–Crippen MR) is 149 cm³/mol. The number of alkyl halides is 3. The van der Waals surface area contributed by atoms with Gasteiger partial charge in [-0.25, -0.2) is 17.8 Å². The zero-order valence-corrected chi connectivity index (χ0v) is 23.5. The van der Waals surface area contributed by atoms with Gasteiger partial charge in [-0.1, -0.05) is 50.3 Å². The Morgan fingerprint density at radius 1 is 0.975 bits per heavy atom. The van der Waals surface area contributed by atoms with Gasteiger partial charge in [0.25, 0.3) is 10.0 Å². The van der Waals surface area contributed by atoms with E-state index in [1.165, 1.54) is 48.5 Å². The second kappa shape index (κ2) is 11.1. The number of nitrogens with zero attached hydrogens (tertiary/aromatic N) is 1. The number of nitrogen functional groups attached to an aromatic ring is 1. The number of sulfonamides is 1. The molecule has 3 N–H and O–H groups in total. The van der Waals surface area contributed by atoms with Crippen LogP contribution >= 0.6 is 11.3 Å². The smallest absolute Gasteiger partial charge is 0.416 e. The van der Waals surface area contributed by atoms with E-state index in [1.54, 1.807) is 6.07 Å². The minimum absolute atomic E-state index is 0.000937. The Labute approximate surface area is 233 Å². The molecule has 1 heterocycles. The molecule has 4 rings (SSSR count). The van der Waals surface area contributed by atoms with E-state index >= 15 is 0 Å². The molecular weight excluding hydrogens is 566 g/mol. The molecule has 3 aromatic carbocycles. The number of halogens is 4. The Morgan fingerprint density at radius 3 is 2.30 bits per heavy atom. The number of anilines is 2. The SMILES string of the molecule is CC(C)(C)CCOc1cc(F)cc(-c2sc(NS(=O)(=O)c3cccc(N)c3)nc2-c2ccc(C(F)(F)F)cc2)c1. The lowest BCUT2D eigenvalue weighted by atomic mass is 9.93. The van der Waals surface area contributed by atoms with E-state index in [4.69, 9.17) is 10.5 Å². The van der Waals surface area contributed by atoms with Crippen LogP contribution in [0.15, 0.2) is 71.6 Å². The predicted octanol–water partition coefficient (Wildman–Crippen LogP) is 7.83. The van der Waals surface area contributed by atoms with E-state index in [1.807, 2.05) is 20.8 Å². The largest absolute Gasteiger partial charge is 0.493 e. The topological polar surface area (TPSA) is 94.3 Å². The highest BCUT2D eigenvalue weighted by molar-refractivity contribution is 7.93. The summed E-state index contributed by atoms with van der Waals surface area (Å²) < 4.78 is 88.3. The highest BCUT2D eigenvalue weighted by atomic mass is 32.2. The van der Waals surface area contributed by atoms with Gasteiger partial charge < -0.3 is 10.5 Å². The van der Waals surface area contributed by atoms with Gasteiger partial charge in [-0.05, 0) is 54.3 Å². The number of ether oxygens (including phenoxy) is 1. The van der Waals surface area contributed by atoms with Crippen molar-refractivity contribution in [3.63, 3.8) is 0 Å². The monoisotopic (exact) mass is 593 g/mol. The lowest BCUT2D eigenvalue weighted by Crippen LogP contribution is -2.13. The summed E-state index contributed by atoms with van der Waals surface area (Å²) >= 11 is 0.911. The van der Waals surface area contributed by atoms with Crippen molar-refractivity contribution >= 4 is 32.2 Å². The molecule has 0 aliphatic carbocycles. The fourth-order valence-corrected chi connectivity index (χ4v) is 5.94. The number of hydrogen-bond acceptors (Lipinski definition) is 6. The average molecular weight is 594 g/mol. The van der Waals surface area contributed by atoms with Gasteiger partial charge in [-0.2, -0.15) is 13.2 Å². The Bertz CT molecular complexity index is 1610. The molecule has 212 valence electrons. The number of nitrogens with two attached hydrogens (primary N) is 1. The first kappa shape index (κ1) is 29.3. The summed E-state index contributed by atoms with van der Waals surface area (Å²) in [7, 11) is -4.10. The van der Waals surface area contributed by atoms with Crippen LogP contribution in [-0.2, 0) is 16.2 Å². The standard InChI is InChI=1S/C28H27F4N3O3S2/c1-27(2,3)11-12-38-22-14-18(13-20(29)15-22)25-24(17-7-9-19(10-8-17)28(30,31)32)34-26(39-25)35-40(36,37)23-6-4-5-21(33)16-23/h4-10,13-16H,11-12,33H2,1-3H3,(H,34,35). The third-order valence-corrected chi connectivity index (χ3v) is 8.24. The van der Waals surface area contributed by atoms with E-state index < -0.39 is 27.6 Å². The lowest BCUT2D eigenvalue weighted by molar-refractivity contribution is -0.137. The minimum atomic E-state index is -4.54. The van der Waals surface area contributed by atoms with Crippen molar-refractivity contribution in [3.05, 3.63) is 78.1 Å². The maximum Gasteiger partial charge on any atom is 0.416 e. The quantitative estimate of drug-likeness (QED) is 0.160. The third-order valence-electron chi connectivity index (χ3n) is 5.76. The molecule has 0 fully saturated rings. The van der Waals surface area contributed by atoms with Gasteiger partial charge in [0.15, 0.2) is 5.13 Å². The molecule has 4 aromatic rings. The first-order chi connectivity index (χ1) is 18.6. The van der Waals surface area contributed by atoms with E-state index in [0.29, 0.717) is 23.5 Å². The Balaban J connectivity index is 1.77. The molecule has 0 spiro atoms. The van der Waals surface area contributed by atoms with Crippen LogP contribution < -0.4 is 15.2 Å². The molecule has 0 aliphatic heterocycles. The van der Waals surface area contributed by atoms with Crippen molar-refractivity contribution < 1.29 is 30.7 Å². The van der Waals surface area contributed by atoms with E-state index in [-0.39, 0.29) is 38.1 Å². The van der Waals surface area contributed by atoms with Crippen molar-refractivity contribution in [2.45, 2.75) is 38.3 Å². The zero-order valence-electron chi connectivity index (χ0n) is 21.8. The summed E-state index contributed by atoms with van der Waals surface area (Å²) in [6.07, 6.45) is -3.82. The first-order valence-electron chi connectivity index (χ1n) is 12.1. The number of nitrogens with one attached hydrogen (secondary N) is 1. The molecule has 0 bridgehead atoms. The maximum absolute atomic E-state index is 14.7. The van der Waals surface area contributed by atoms with Crippen molar-refractivity contribution in [1.82, 2.24) is 4.98 Å². The summed E-state index contributed by atoms with van der Waals surface area (Å²) in [6, 6.07) is 14.0. The highest BCUT2D eigenvalue weighted by Crippen LogP contribution is 2.42. The fraction of sp³-hybridized carbons (Fsp3) is 0.250. The minimum Gasteiger partial charge on any atom is -0.493 e. The zero-order chi connectivity index (χ0) is 29.3. The lowest BCUT2D eigenvalue weighted by Gasteiger charge is -2.18. The molecular formula is C28H27F4N3O3S2. The molecule has 0 saturated carbocycles. The van der Waals surface area contributed by atoms with Gasteiger partial charge in [0.2, 0.25) is 0 Å². The van der Waals surface area contributed by atoms with Crippen LogP contribution in [0.5, 0.6) is 5.75 Å². The van der Waals surface area contributed by atoms with Crippen molar-refractivity contribution in [1.29, 1.82) is 0 Å². The molecule has 0 saturated heterocycles. The van der Waals surface area contributed by atoms with Crippen LogP contribution in [0.1, 0.15) is 32.8 Å². The first-order valence-corrected chi connectivity index (χ1v) is 14.4. The number of thiazole rings is 1. The Morgan fingerprint density at radius 2 is 1.68 bits per heavy atom. The van der Waals surface area contributed by atoms with Gasteiger partial charge in [-0.3, -0.25) is 4.72 Å². The normalized spacial score (nSPS) is 12.4. The Hall–Kier alpha value is -3.64. The van der Waals surface area contributed by atoms with Gasteiger partial charge in [0.05, 0.1) is 27.6 Å². The van der Waals surface area contributed by atoms with E-state index in [2.05, 4.69) is 9.71 Å². The molecule has 0 amide bonds. The third kappa shape index (κ3) is 7.30. The van der Waals surface area contributed by atoms with Crippen LogP contribution in [0.3, 0.4) is 0 Å². The van der Waals surface area contributed by atoms with Gasteiger partial charge in [0.1, 0.15) is 11.6 Å². The second-order valence-electron chi connectivity index (χ2n) is 10.3. The molecule has 6 nitrogen and oxygen atoms in total. The summed E-state index contributed by atoms with van der Waals surface area (Å²) in [5.74, 6) is -0.343. The van der Waals surface area contributed by atoms with Crippen molar-refractivity contribution in [2.75, 3.05) is 17.1 Å². The fourth-order valence-electron chi connectivity index (χ4n) is 3.68. The van der Waals surface area contributed by atoms with Crippen LogP contribution in [0, 0.1) is 11.2 Å². The number of rotatable bonds is 8. The Kier molecular flexibility index (Phi) is 8.13. The number of benzene rings is 3. The molecule has 12 heteroatoms. The average Bonchev–Trinajstić information content (AvgIpc) is 3.25. The molecule has 0 aliphatic rings. The number of hydrogen-bond donors (Lipinski definition) is 2. The molecule has 0 atom stereocenters. The highest BCUT2D eigenvalue weighted by Gasteiger charge is 2.30. The van der Waals surface area contributed by atoms with Crippen LogP contribution in [0.2, 0.25) is 0 Å². The summed E-state index contributed by atoms with van der Waals surface area (Å²) in [5, 5.41) is -0.0632. The molecule has 40 heavy (non-hydrogen) atoms.